The smallest absolute Gasteiger partial charge is 0.318 e. The highest BCUT2D eigenvalue weighted by Gasteiger charge is 2.13. The summed E-state index contributed by atoms with van der Waals surface area (Å²) in [6.45, 7) is 0. The van der Waals surface area contributed by atoms with Gasteiger partial charge in [-0.05, 0) is 0 Å². The summed E-state index contributed by atoms with van der Waals surface area (Å²) >= 11 is 0. The third kappa shape index (κ3) is 3.92. The largest absolute Gasteiger partial charge is 0.480 e. The number of hydrogen-bond acceptors (Lipinski definition) is 3. The molecule has 0 unspecified atom stereocenters. The second kappa shape index (κ2) is 3.22. The molecule has 0 aliphatic rings. The zero-order chi connectivity index (χ0) is 8.20. The quantitative estimate of drug-likeness (QED) is 0.547. The second-order valence-corrected chi connectivity index (χ2v) is 3.69. The Hall–Kier alpha value is -1.02. The van der Waals surface area contributed by atoms with Crippen molar-refractivity contribution in [3.63, 3.8) is 0 Å². The van der Waals surface area contributed by atoms with Gasteiger partial charge in [-0.2, -0.15) is 0 Å². The number of sulfone groups is 1. The van der Waals surface area contributed by atoms with Gasteiger partial charge < -0.3 is 5.11 Å². The molecule has 0 aromatic carbocycles. The fourth-order valence-electron chi connectivity index (χ4n) is 0.366. The summed E-state index contributed by atoms with van der Waals surface area (Å²) in [5.41, 5.74) is 0. The summed E-state index contributed by atoms with van der Waals surface area (Å²) in [5, 5.41) is 8.03. The van der Waals surface area contributed by atoms with Gasteiger partial charge in [0.25, 0.3) is 0 Å². The summed E-state index contributed by atoms with van der Waals surface area (Å²) in [4.78, 5) is 9.84. The fraction of sp³-hybridized carbons (Fsp3) is 0.400. The van der Waals surface area contributed by atoms with Crippen LogP contribution in [-0.4, -0.2) is 31.0 Å². The van der Waals surface area contributed by atoms with Crippen molar-refractivity contribution in [2.24, 2.45) is 0 Å². The first-order chi connectivity index (χ1) is 4.48. The molecule has 10 heavy (non-hydrogen) atoms. The van der Waals surface area contributed by atoms with Crippen molar-refractivity contribution in [2.45, 2.75) is 0 Å². The van der Waals surface area contributed by atoms with E-state index in [4.69, 9.17) is 5.11 Å². The van der Waals surface area contributed by atoms with Gasteiger partial charge in [0.1, 0.15) is 11.5 Å². The van der Waals surface area contributed by atoms with E-state index in [-0.39, 0.29) is 0 Å². The molecule has 4 nitrogen and oxygen atoms in total. The zero-order valence-electron chi connectivity index (χ0n) is 5.07. The van der Waals surface area contributed by atoms with Crippen molar-refractivity contribution in [1.29, 1.82) is 0 Å². The third-order valence-electron chi connectivity index (χ3n) is 0.647. The van der Waals surface area contributed by atoms with E-state index in [1.54, 1.807) is 0 Å². The number of rotatable bonds is 3. The Morgan fingerprint density at radius 3 is 2.40 bits per heavy atom. The standard InChI is InChI=1S/C5H6O4S/c1-2-3-10(8,9)4-5(6)7/h1H,3-4H2,(H,6,7). The van der Waals surface area contributed by atoms with Crippen LogP contribution in [0.25, 0.3) is 0 Å². The maximum atomic E-state index is 10.5. The van der Waals surface area contributed by atoms with Gasteiger partial charge in [0.05, 0.1) is 0 Å². The molecule has 0 aliphatic carbocycles. The minimum Gasteiger partial charge on any atom is -0.480 e. The van der Waals surface area contributed by atoms with Crippen LogP contribution in [0.5, 0.6) is 0 Å². The Balaban J connectivity index is 4.19. The number of carboxylic acids is 1. The topological polar surface area (TPSA) is 71.4 Å². The monoisotopic (exact) mass is 162 g/mol. The van der Waals surface area contributed by atoms with E-state index in [0.717, 1.165) is 0 Å². The number of carboxylic acid groups (broad SMARTS) is 1. The molecule has 0 spiro atoms. The molecule has 0 heterocycles. The number of aliphatic carboxylic acids is 1. The number of terminal acetylenes is 1. The first-order valence-electron chi connectivity index (χ1n) is 2.33. The normalized spacial score (nSPS) is 10.3. The molecule has 0 aliphatic heterocycles. The zero-order valence-corrected chi connectivity index (χ0v) is 5.89. The Labute approximate surface area is 58.8 Å². The molecule has 0 rings (SSSR count). The summed E-state index contributed by atoms with van der Waals surface area (Å²) in [6, 6.07) is 0. The van der Waals surface area contributed by atoms with E-state index in [1.165, 1.54) is 0 Å². The van der Waals surface area contributed by atoms with Crippen LogP contribution < -0.4 is 0 Å². The summed E-state index contributed by atoms with van der Waals surface area (Å²) in [7, 11) is -3.57. The molecule has 0 aromatic rings. The molecule has 0 fully saturated rings. The molecule has 0 saturated heterocycles. The highest BCUT2D eigenvalue weighted by molar-refractivity contribution is 7.92. The summed E-state index contributed by atoms with van der Waals surface area (Å²) < 4.78 is 21.0. The minimum atomic E-state index is -3.57. The van der Waals surface area contributed by atoms with E-state index in [2.05, 4.69) is 6.42 Å². The summed E-state index contributed by atoms with van der Waals surface area (Å²) in [6.07, 6.45) is 4.67. The van der Waals surface area contributed by atoms with Crippen LogP contribution in [0.4, 0.5) is 0 Å². The van der Waals surface area contributed by atoms with Crippen LogP contribution in [0.15, 0.2) is 0 Å². The highest BCUT2D eigenvalue weighted by atomic mass is 32.2. The molecule has 0 radical (unpaired) electrons. The molecule has 0 amide bonds. The fourth-order valence-corrected chi connectivity index (χ4v) is 1.10. The second-order valence-electron chi connectivity index (χ2n) is 1.63. The maximum Gasteiger partial charge on any atom is 0.318 e. The van der Waals surface area contributed by atoms with Gasteiger partial charge in [0, 0.05) is 0 Å². The van der Waals surface area contributed by atoms with E-state index in [9.17, 15) is 13.2 Å². The lowest BCUT2D eigenvalue weighted by Crippen LogP contribution is -2.17. The van der Waals surface area contributed by atoms with Crippen molar-refractivity contribution in [2.75, 3.05) is 11.5 Å². The van der Waals surface area contributed by atoms with Gasteiger partial charge >= 0.3 is 5.97 Å². The van der Waals surface area contributed by atoms with Gasteiger partial charge in [0.2, 0.25) is 0 Å². The average molecular weight is 162 g/mol. The minimum absolute atomic E-state index is 0.515. The first kappa shape index (κ1) is 8.98. The van der Waals surface area contributed by atoms with Crippen LogP contribution in [0.1, 0.15) is 0 Å². The Bertz CT molecular complexity index is 256. The molecule has 0 aromatic heterocycles. The Morgan fingerprint density at radius 1 is 1.60 bits per heavy atom. The van der Waals surface area contributed by atoms with Gasteiger partial charge in [0.15, 0.2) is 9.84 Å². The summed E-state index contributed by atoms with van der Waals surface area (Å²) in [5.74, 6) is -0.924. The molecule has 0 atom stereocenters. The number of carbonyl (C=O) groups is 1. The molecule has 5 heteroatoms. The molecule has 0 bridgehead atoms. The lowest BCUT2D eigenvalue weighted by atomic mass is 10.8. The van der Waals surface area contributed by atoms with Crippen LogP contribution in [0.2, 0.25) is 0 Å². The molecular weight excluding hydrogens is 156 g/mol. The SMILES string of the molecule is C#CCS(=O)(=O)CC(=O)O. The van der Waals surface area contributed by atoms with Crippen molar-refractivity contribution >= 4 is 15.8 Å². The third-order valence-corrected chi connectivity index (χ3v) is 1.94. The Morgan fingerprint density at radius 2 is 2.10 bits per heavy atom. The highest BCUT2D eigenvalue weighted by Crippen LogP contribution is 1.87. The Kier molecular flexibility index (Phi) is 2.90. The predicted octanol–water partition coefficient (Wildman–Crippen LogP) is -0.881. The van der Waals surface area contributed by atoms with E-state index in [1.807, 2.05) is 5.92 Å². The lowest BCUT2D eigenvalue weighted by molar-refractivity contribution is -0.134. The van der Waals surface area contributed by atoms with Gasteiger partial charge in [-0.1, -0.05) is 5.92 Å². The molecule has 0 saturated carbocycles. The van der Waals surface area contributed by atoms with Crippen LogP contribution in [0, 0.1) is 12.3 Å². The number of hydrogen-bond donors (Lipinski definition) is 1. The van der Waals surface area contributed by atoms with Crippen molar-refractivity contribution in [3.8, 4) is 12.3 Å². The van der Waals surface area contributed by atoms with Crippen molar-refractivity contribution in [3.05, 3.63) is 0 Å². The van der Waals surface area contributed by atoms with Crippen molar-refractivity contribution in [1.82, 2.24) is 0 Å². The van der Waals surface area contributed by atoms with Gasteiger partial charge in [-0.15, -0.1) is 6.42 Å². The van der Waals surface area contributed by atoms with Crippen LogP contribution in [0.3, 0.4) is 0 Å². The van der Waals surface area contributed by atoms with Crippen molar-refractivity contribution < 1.29 is 18.3 Å². The van der Waals surface area contributed by atoms with Crippen LogP contribution in [-0.2, 0) is 14.6 Å². The average Bonchev–Trinajstić information content (AvgIpc) is 1.59. The maximum absolute atomic E-state index is 10.5. The molecule has 1 N–H and O–H groups in total. The van der Waals surface area contributed by atoms with Crippen LogP contribution >= 0.6 is 0 Å². The molecule has 56 valence electrons. The lowest BCUT2D eigenvalue weighted by Gasteiger charge is -1.92. The van der Waals surface area contributed by atoms with E-state index >= 15 is 0 Å². The first-order valence-corrected chi connectivity index (χ1v) is 4.16. The predicted molar refractivity (Wildman–Crippen MR) is 35.1 cm³/mol. The van der Waals surface area contributed by atoms with Gasteiger partial charge in [-0.25, -0.2) is 8.42 Å². The van der Waals surface area contributed by atoms with E-state index < -0.39 is 27.3 Å². The molecular formula is C5H6O4S. The van der Waals surface area contributed by atoms with E-state index in [0.29, 0.717) is 0 Å². The van der Waals surface area contributed by atoms with Gasteiger partial charge in [-0.3, -0.25) is 4.79 Å².